The summed E-state index contributed by atoms with van der Waals surface area (Å²) in [5.41, 5.74) is 7.32. The molecule has 1 atom stereocenters. The molecular formula is C14H23ClN2O. The van der Waals surface area contributed by atoms with E-state index in [0.717, 1.165) is 43.2 Å². The Hall–Kier alpha value is -0.610. The summed E-state index contributed by atoms with van der Waals surface area (Å²) in [4.78, 5) is 2.35. The molecule has 4 heteroatoms. The first-order chi connectivity index (χ1) is 8.67. The molecule has 0 aliphatic rings. The Morgan fingerprint density at radius 2 is 1.94 bits per heavy atom. The van der Waals surface area contributed by atoms with E-state index in [0.29, 0.717) is 0 Å². The molecule has 0 heterocycles. The monoisotopic (exact) mass is 270 g/mol. The van der Waals surface area contributed by atoms with Crippen LogP contribution in [0.2, 0.25) is 5.02 Å². The van der Waals surface area contributed by atoms with Crippen LogP contribution in [0.5, 0.6) is 0 Å². The van der Waals surface area contributed by atoms with E-state index in [1.54, 1.807) is 7.11 Å². The van der Waals surface area contributed by atoms with Gasteiger partial charge >= 0.3 is 0 Å². The fourth-order valence-electron chi connectivity index (χ4n) is 1.85. The first-order valence-corrected chi connectivity index (χ1v) is 6.77. The third kappa shape index (κ3) is 5.36. The average Bonchev–Trinajstić information content (AvgIpc) is 2.39. The molecule has 0 saturated heterocycles. The van der Waals surface area contributed by atoms with Crippen LogP contribution in [-0.4, -0.2) is 38.3 Å². The van der Waals surface area contributed by atoms with Crippen LogP contribution in [0.1, 0.15) is 24.9 Å². The van der Waals surface area contributed by atoms with Gasteiger partial charge in [0, 0.05) is 31.3 Å². The summed E-state index contributed by atoms with van der Waals surface area (Å²) in [7, 11) is 1.73. The van der Waals surface area contributed by atoms with Gasteiger partial charge in [0.2, 0.25) is 0 Å². The van der Waals surface area contributed by atoms with E-state index in [1.807, 2.05) is 24.3 Å². The van der Waals surface area contributed by atoms with E-state index in [9.17, 15) is 0 Å². The minimum atomic E-state index is 0.0684. The van der Waals surface area contributed by atoms with Crippen LogP contribution in [0, 0.1) is 0 Å². The van der Waals surface area contributed by atoms with Gasteiger partial charge in [-0.1, -0.05) is 30.7 Å². The number of rotatable bonds is 8. The fraction of sp³-hybridized carbons (Fsp3) is 0.571. The van der Waals surface area contributed by atoms with Gasteiger partial charge in [-0.3, -0.25) is 0 Å². The van der Waals surface area contributed by atoms with Gasteiger partial charge in [0.25, 0.3) is 0 Å². The molecule has 0 aliphatic carbocycles. The van der Waals surface area contributed by atoms with Crippen molar-refractivity contribution in [1.82, 2.24) is 4.90 Å². The molecule has 0 amide bonds. The second-order valence-electron chi connectivity index (χ2n) is 4.37. The summed E-state index contributed by atoms with van der Waals surface area (Å²) in [5.74, 6) is 0. The summed E-state index contributed by atoms with van der Waals surface area (Å²) in [6.07, 6.45) is 0.944. The lowest BCUT2D eigenvalue weighted by Crippen LogP contribution is -2.30. The van der Waals surface area contributed by atoms with E-state index < -0.39 is 0 Å². The van der Waals surface area contributed by atoms with Gasteiger partial charge in [0.1, 0.15) is 0 Å². The number of hydrogen-bond donors (Lipinski definition) is 1. The van der Waals surface area contributed by atoms with Crippen molar-refractivity contribution in [3.63, 3.8) is 0 Å². The third-order valence-electron chi connectivity index (χ3n) is 3.11. The smallest absolute Gasteiger partial charge is 0.0589 e. The zero-order valence-electron chi connectivity index (χ0n) is 11.2. The maximum atomic E-state index is 6.18. The molecular weight excluding hydrogens is 248 g/mol. The van der Waals surface area contributed by atoms with Crippen LogP contribution in [-0.2, 0) is 4.74 Å². The normalized spacial score (nSPS) is 12.9. The number of nitrogens with two attached hydrogens (primary N) is 1. The zero-order chi connectivity index (χ0) is 13.4. The van der Waals surface area contributed by atoms with Gasteiger partial charge in [-0.05, 0) is 30.7 Å². The Morgan fingerprint density at radius 3 is 2.50 bits per heavy atom. The van der Waals surface area contributed by atoms with Crippen molar-refractivity contribution in [2.45, 2.75) is 19.4 Å². The van der Waals surface area contributed by atoms with Crippen LogP contribution >= 0.6 is 11.6 Å². The van der Waals surface area contributed by atoms with Crippen LogP contribution in [0.15, 0.2) is 24.3 Å². The predicted octanol–water partition coefficient (Wildman–Crippen LogP) is 2.70. The number of benzene rings is 1. The molecule has 0 aliphatic heterocycles. The predicted molar refractivity (Wildman–Crippen MR) is 77.0 cm³/mol. The van der Waals surface area contributed by atoms with E-state index in [2.05, 4.69) is 11.8 Å². The molecule has 1 rings (SSSR count). The molecule has 3 nitrogen and oxygen atoms in total. The lowest BCUT2D eigenvalue weighted by molar-refractivity contribution is 0.149. The van der Waals surface area contributed by atoms with Crippen molar-refractivity contribution >= 4 is 11.6 Å². The number of hydrogen-bond acceptors (Lipinski definition) is 3. The van der Waals surface area contributed by atoms with Crippen molar-refractivity contribution < 1.29 is 4.74 Å². The summed E-state index contributed by atoms with van der Waals surface area (Å²) in [6.45, 7) is 5.90. The van der Waals surface area contributed by atoms with Gasteiger partial charge in [0.15, 0.2) is 0 Å². The Balaban J connectivity index is 2.39. The van der Waals surface area contributed by atoms with Crippen LogP contribution in [0.4, 0.5) is 0 Å². The molecule has 18 heavy (non-hydrogen) atoms. The molecule has 0 radical (unpaired) electrons. The molecule has 0 aromatic heterocycles. The Morgan fingerprint density at radius 1 is 1.28 bits per heavy atom. The molecule has 0 saturated carbocycles. The first kappa shape index (κ1) is 15.4. The Kier molecular flexibility index (Phi) is 7.28. The summed E-state index contributed by atoms with van der Waals surface area (Å²) in [6, 6.07) is 7.84. The highest BCUT2D eigenvalue weighted by Crippen LogP contribution is 2.17. The van der Waals surface area contributed by atoms with Gasteiger partial charge in [-0.2, -0.15) is 0 Å². The molecule has 1 aromatic rings. The first-order valence-electron chi connectivity index (χ1n) is 6.39. The molecule has 102 valence electrons. The molecule has 0 bridgehead atoms. The molecule has 1 unspecified atom stereocenters. The van der Waals surface area contributed by atoms with Gasteiger partial charge < -0.3 is 15.4 Å². The largest absolute Gasteiger partial charge is 0.383 e. The average molecular weight is 271 g/mol. The molecule has 0 spiro atoms. The van der Waals surface area contributed by atoms with Gasteiger partial charge in [-0.25, -0.2) is 0 Å². The third-order valence-corrected chi connectivity index (χ3v) is 3.37. The number of halogens is 1. The lowest BCUT2D eigenvalue weighted by Gasteiger charge is -2.22. The van der Waals surface area contributed by atoms with E-state index in [1.165, 1.54) is 0 Å². The second kappa shape index (κ2) is 8.48. The summed E-state index contributed by atoms with van der Waals surface area (Å²) < 4.78 is 5.09. The maximum absolute atomic E-state index is 6.18. The highest BCUT2D eigenvalue weighted by atomic mass is 35.5. The Bertz CT molecular complexity index is 329. The summed E-state index contributed by atoms with van der Waals surface area (Å²) >= 11 is 5.86. The van der Waals surface area contributed by atoms with E-state index in [-0.39, 0.29) is 6.04 Å². The SMILES string of the molecule is CCN(CCOC)CCC(N)c1ccc(Cl)cc1. The quantitative estimate of drug-likeness (QED) is 0.789. The minimum absolute atomic E-state index is 0.0684. The standard InChI is InChI=1S/C14H23ClN2O/c1-3-17(10-11-18-2)9-8-14(16)12-4-6-13(15)7-5-12/h4-7,14H,3,8-11,16H2,1-2H3. The lowest BCUT2D eigenvalue weighted by atomic mass is 10.0. The van der Waals surface area contributed by atoms with Crippen molar-refractivity contribution in [3.8, 4) is 0 Å². The number of likely N-dealkylation sites (N-methyl/N-ethyl adjacent to an activating group) is 1. The highest BCUT2D eigenvalue weighted by Gasteiger charge is 2.08. The fourth-order valence-corrected chi connectivity index (χ4v) is 1.97. The van der Waals surface area contributed by atoms with E-state index >= 15 is 0 Å². The van der Waals surface area contributed by atoms with Gasteiger partial charge in [-0.15, -0.1) is 0 Å². The highest BCUT2D eigenvalue weighted by molar-refractivity contribution is 6.30. The number of ether oxygens (including phenoxy) is 1. The molecule has 0 fully saturated rings. The zero-order valence-corrected chi connectivity index (χ0v) is 12.0. The van der Waals surface area contributed by atoms with Crippen molar-refractivity contribution in [3.05, 3.63) is 34.9 Å². The molecule has 2 N–H and O–H groups in total. The van der Waals surface area contributed by atoms with Crippen LogP contribution in [0.25, 0.3) is 0 Å². The maximum Gasteiger partial charge on any atom is 0.0589 e. The summed E-state index contributed by atoms with van der Waals surface area (Å²) in [5, 5.41) is 0.751. The second-order valence-corrected chi connectivity index (χ2v) is 4.81. The van der Waals surface area contributed by atoms with Crippen molar-refractivity contribution in [1.29, 1.82) is 0 Å². The van der Waals surface area contributed by atoms with Crippen LogP contribution < -0.4 is 5.73 Å². The molecule has 1 aromatic carbocycles. The van der Waals surface area contributed by atoms with Crippen LogP contribution in [0.3, 0.4) is 0 Å². The topological polar surface area (TPSA) is 38.5 Å². The van der Waals surface area contributed by atoms with Crippen molar-refractivity contribution in [2.24, 2.45) is 5.73 Å². The number of nitrogens with zero attached hydrogens (tertiary/aromatic N) is 1. The number of methoxy groups -OCH3 is 1. The Labute approximate surface area is 115 Å². The minimum Gasteiger partial charge on any atom is -0.383 e. The van der Waals surface area contributed by atoms with Crippen molar-refractivity contribution in [2.75, 3.05) is 33.4 Å². The van der Waals surface area contributed by atoms with E-state index in [4.69, 9.17) is 22.1 Å². The van der Waals surface area contributed by atoms with Gasteiger partial charge in [0.05, 0.1) is 6.61 Å².